The van der Waals surface area contributed by atoms with Gasteiger partial charge >= 0.3 is 0 Å². The lowest BCUT2D eigenvalue weighted by atomic mass is 9.84. The van der Waals surface area contributed by atoms with Crippen LogP contribution in [0.4, 0.5) is 0 Å². The Morgan fingerprint density at radius 2 is 2.08 bits per heavy atom. The maximum Gasteiger partial charge on any atom is 0.227 e. The zero-order valence-corrected chi connectivity index (χ0v) is 13.6. The molecule has 3 N–H and O–H groups in total. The van der Waals surface area contributed by atoms with E-state index in [1.807, 2.05) is 12.1 Å². The zero-order chi connectivity index (χ0) is 16.8. The second-order valence-corrected chi connectivity index (χ2v) is 6.20. The topological polar surface area (TPSA) is 107 Å². The maximum absolute atomic E-state index is 12.2. The Morgan fingerprint density at radius 3 is 2.88 bits per heavy atom. The predicted molar refractivity (Wildman–Crippen MR) is 88.8 cm³/mol. The number of carbonyl (C=O) groups excluding carboxylic acids is 1. The van der Waals surface area contributed by atoms with Crippen molar-refractivity contribution < 1.29 is 9.32 Å². The number of hydrogen-bond donors (Lipinski definition) is 2. The number of nitrogens with two attached hydrogens (primary N) is 1. The molecular weight excluding hydrogens is 306 g/mol. The SMILES string of the molecule is NCC1CCCCC1NC(=O)CCc1nc(-c2ccncc2)no1. The molecule has 0 radical (unpaired) electrons. The summed E-state index contributed by atoms with van der Waals surface area (Å²) in [4.78, 5) is 20.5. The Morgan fingerprint density at radius 1 is 1.29 bits per heavy atom. The molecule has 3 rings (SSSR count). The first-order valence-electron chi connectivity index (χ1n) is 8.48. The molecule has 1 fully saturated rings. The van der Waals surface area contributed by atoms with Crippen molar-refractivity contribution >= 4 is 5.91 Å². The first kappa shape index (κ1) is 16.6. The number of aromatic nitrogens is 3. The average Bonchev–Trinajstić information content (AvgIpc) is 3.10. The van der Waals surface area contributed by atoms with Gasteiger partial charge in [0.25, 0.3) is 0 Å². The quantitative estimate of drug-likeness (QED) is 0.835. The van der Waals surface area contributed by atoms with E-state index in [4.69, 9.17) is 10.3 Å². The van der Waals surface area contributed by atoms with E-state index in [-0.39, 0.29) is 11.9 Å². The summed E-state index contributed by atoms with van der Waals surface area (Å²) in [5.74, 6) is 1.40. The number of carbonyl (C=O) groups is 1. The van der Waals surface area contributed by atoms with Crippen molar-refractivity contribution in [1.82, 2.24) is 20.4 Å². The van der Waals surface area contributed by atoms with Crippen LogP contribution in [0.3, 0.4) is 0 Å². The van der Waals surface area contributed by atoms with E-state index in [1.54, 1.807) is 12.4 Å². The van der Waals surface area contributed by atoms with Crippen molar-refractivity contribution in [3.8, 4) is 11.4 Å². The normalized spacial score (nSPS) is 20.7. The number of nitrogens with zero attached hydrogens (tertiary/aromatic N) is 3. The van der Waals surface area contributed by atoms with Gasteiger partial charge in [0.2, 0.25) is 17.6 Å². The highest BCUT2D eigenvalue weighted by Gasteiger charge is 2.25. The second-order valence-electron chi connectivity index (χ2n) is 6.20. The average molecular weight is 329 g/mol. The van der Waals surface area contributed by atoms with Crippen LogP contribution in [0.25, 0.3) is 11.4 Å². The van der Waals surface area contributed by atoms with Crippen molar-refractivity contribution in [3.63, 3.8) is 0 Å². The van der Waals surface area contributed by atoms with Gasteiger partial charge in [-0.05, 0) is 37.4 Å². The molecule has 2 unspecified atom stereocenters. The van der Waals surface area contributed by atoms with Crippen LogP contribution in [0.15, 0.2) is 29.0 Å². The third-order valence-electron chi connectivity index (χ3n) is 4.53. The van der Waals surface area contributed by atoms with E-state index >= 15 is 0 Å². The minimum Gasteiger partial charge on any atom is -0.353 e. The second kappa shape index (κ2) is 8.01. The Labute approximate surface area is 141 Å². The Kier molecular flexibility index (Phi) is 5.53. The van der Waals surface area contributed by atoms with Gasteiger partial charge in [0.15, 0.2) is 0 Å². The van der Waals surface area contributed by atoms with Gasteiger partial charge in [-0.2, -0.15) is 4.98 Å². The van der Waals surface area contributed by atoms with Crippen LogP contribution in [-0.4, -0.2) is 33.6 Å². The highest BCUT2D eigenvalue weighted by Crippen LogP contribution is 2.23. The minimum atomic E-state index is 0.0176. The summed E-state index contributed by atoms with van der Waals surface area (Å²) in [5.41, 5.74) is 6.65. The maximum atomic E-state index is 12.2. The molecule has 0 saturated heterocycles. The first-order chi connectivity index (χ1) is 11.8. The van der Waals surface area contributed by atoms with Gasteiger partial charge in [0.1, 0.15) is 0 Å². The van der Waals surface area contributed by atoms with E-state index in [0.717, 1.165) is 24.8 Å². The number of rotatable bonds is 6. The molecule has 0 spiro atoms. The molecule has 2 aromatic heterocycles. The Hall–Kier alpha value is -2.28. The van der Waals surface area contributed by atoms with E-state index in [0.29, 0.717) is 37.0 Å². The molecule has 0 aliphatic heterocycles. The van der Waals surface area contributed by atoms with E-state index in [2.05, 4.69) is 20.4 Å². The van der Waals surface area contributed by atoms with Crippen molar-refractivity contribution in [2.75, 3.05) is 6.54 Å². The number of amides is 1. The van der Waals surface area contributed by atoms with Crippen LogP contribution >= 0.6 is 0 Å². The molecule has 0 aromatic carbocycles. The fourth-order valence-corrected chi connectivity index (χ4v) is 3.15. The molecule has 2 heterocycles. The molecule has 128 valence electrons. The third-order valence-corrected chi connectivity index (χ3v) is 4.53. The van der Waals surface area contributed by atoms with E-state index < -0.39 is 0 Å². The van der Waals surface area contributed by atoms with Gasteiger partial charge in [-0.1, -0.05) is 18.0 Å². The first-order valence-corrected chi connectivity index (χ1v) is 8.48. The lowest BCUT2D eigenvalue weighted by Gasteiger charge is -2.31. The summed E-state index contributed by atoms with van der Waals surface area (Å²) >= 11 is 0. The summed E-state index contributed by atoms with van der Waals surface area (Å²) < 4.78 is 5.22. The Balaban J connectivity index is 1.50. The van der Waals surface area contributed by atoms with Crippen molar-refractivity contribution in [1.29, 1.82) is 0 Å². The summed E-state index contributed by atoms with van der Waals surface area (Å²) in [7, 11) is 0. The standard InChI is InChI=1S/C17H23N5O2/c18-11-13-3-1-2-4-14(13)20-15(23)5-6-16-21-17(22-24-16)12-7-9-19-10-8-12/h7-10,13-14H,1-6,11,18H2,(H,20,23). The summed E-state index contributed by atoms with van der Waals surface area (Å²) in [6, 6.07) is 3.83. The van der Waals surface area contributed by atoms with E-state index in [1.165, 1.54) is 6.42 Å². The Bertz CT molecular complexity index is 658. The zero-order valence-electron chi connectivity index (χ0n) is 13.6. The predicted octanol–water partition coefficient (Wildman–Crippen LogP) is 1.70. The summed E-state index contributed by atoms with van der Waals surface area (Å²) in [6.07, 6.45) is 8.60. The van der Waals surface area contributed by atoms with Gasteiger partial charge in [-0.3, -0.25) is 9.78 Å². The highest BCUT2D eigenvalue weighted by atomic mass is 16.5. The molecule has 7 heteroatoms. The molecule has 2 atom stereocenters. The van der Waals surface area contributed by atoms with Crippen LogP contribution in [0, 0.1) is 5.92 Å². The molecule has 1 aliphatic carbocycles. The summed E-state index contributed by atoms with van der Waals surface area (Å²) in [5, 5.41) is 7.05. The van der Waals surface area contributed by atoms with Crippen LogP contribution in [0.2, 0.25) is 0 Å². The number of aryl methyl sites for hydroxylation is 1. The largest absolute Gasteiger partial charge is 0.353 e. The lowest BCUT2D eigenvalue weighted by molar-refractivity contribution is -0.122. The van der Waals surface area contributed by atoms with Crippen molar-refractivity contribution in [3.05, 3.63) is 30.4 Å². The van der Waals surface area contributed by atoms with Crippen molar-refractivity contribution in [2.45, 2.75) is 44.6 Å². The number of pyridine rings is 1. The smallest absolute Gasteiger partial charge is 0.227 e. The van der Waals surface area contributed by atoms with Crippen molar-refractivity contribution in [2.24, 2.45) is 11.7 Å². The fraction of sp³-hybridized carbons (Fsp3) is 0.529. The van der Waals surface area contributed by atoms with Gasteiger partial charge in [0, 0.05) is 36.8 Å². The lowest BCUT2D eigenvalue weighted by Crippen LogP contribution is -2.44. The molecule has 7 nitrogen and oxygen atoms in total. The number of hydrogen-bond acceptors (Lipinski definition) is 6. The van der Waals surface area contributed by atoms with E-state index in [9.17, 15) is 4.79 Å². The third kappa shape index (κ3) is 4.17. The number of nitrogens with one attached hydrogen (secondary N) is 1. The molecule has 1 aliphatic rings. The van der Waals surface area contributed by atoms with Gasteiger partial charge in [0.05, 0.1) is 0 Å². The van der Waals surface area contributed by atoms with Gasteiger partial charge < -0.3 is 15.6 Å². The van der Waals surface area contributed by atoms with Crippen LogP contribution in [0.5, 0.6) is 0 Å². The highest BCUT2D eigenvalue weighted by molar-refractivity contribution is 5.76. The molecule has 1 amide bonds. The molecule has 2 aromatic rings. The molecular formula is C17H23N5O2. The minimum absolute atomic E-state index is 0.0176. The summed E-state index contributed by atoms with van der Waals surface area (Å²) in [6.45, 7) is 0.629. The monoisotopic (exact) mass is 329 g/mol. The van der Waals surface area contributed by atoms with Gasteiger partial charge in [-0.25, -0.2) is 0 Å². The molecule has 1 saturated carbocycles. The van der Waals surface area contributed by atoms with Gasteiger partial charge in [-0.15, -0.1) is 0 Å². The van der Waals surface area contributed by atoms with Crippen LogP contribution in [-0.2, 0) is 11.2 Å². The van der Waals surface area contributed by atoms with Crippen LogP contribution in [0.1, 0.15) is 38.0 Å². The molecule has 0 bridgehead atoms. The van der Waals surface area contributed by atoms with Crippen LogP contribution < -0.4 is 11.1 Å². The molecule has 24 heavy (non-hydrogen) atoms. The fourth-order valence-electron chi connectivity index (χ4n) is 3.15.